The monoisotopic (exact) mass is 218 g/mol. The Hall–Kier alpha value is 0.0349. The third-order valence-electron chi connectivity index (χ3n) is 2.01. The SMILES string of the molecule is [B]C1COC(/C=C/P(O)O)CC1OO. The standard InChI is InChI=1S/C7H12BO5P/c8-6-4-12-5(1-2-14(10)11)3-7(6)13-9/h1-2,5-7,9-11H,3-4H2/b2-1+. The lowest BCUT2D eigenvalue weighted by Gasteiger charge is -2.31. The Morgan fingerprint density at radius 3 is 2.79 bits per heavy atom. The maximum Gasteiger partial charge on any atom is 0.191 e. The van der Waals surface area contributed by atoms with Crippen molar-refractivity contribution in [2.75, 3.05) is 6.61 Å². The largest absolute Gasteiger partial charge is 0.374 e. The van der Waals surface area contributed by atoms with E-state index in [0.717, 1.165) is 0 Å². The summed E-state index contributed by atoms with van der Waals surface area (Å²) in [6, 6.07) is 0. The summed E-state index contributed by atoms with van der Waals surface area (Å²) in [5, 5.41) is 8.50. The molecule has 3 N–H and O–H groups in total. The van der Waals surface area contributed by atoms with Crippen LogP contribution in [0.2, 0.25) is 5.82 Å². The number of rotatable bonds is 3. The molecular formula is C7H12BO5P. The van der Waals surface area contributed by atoms with Crippen molar-refractivity contribution in [3.05, 3.63) is 11.9 Å². The molecule has 0 amide bonds. The molecule has 1 aliphatic heterocycles. The third-order valence-corrected chi connectivity index (χ3v) is 2.45. The quantitative estimate of drug-likeness (QED) is 0.276. The fourth-order valence-electron chi connectivity index (χ4n) is 1.24. The molecule has 3 atom stereocenters. The summed E-state index contributed by atoms with van der Waals surface area (Å²) in [6.07, 6.45) is 1.17. The normalized spacial score (nSPS) is 34.1. The first-order valence-corrected chi connectivity index (χ1v) is 5.48. The first-order valence-electron chi connectivity index (χ1n) is 4.16. The van der Waals surface area contributed by atoms with Gasteiger partial charge in [0.1, 0.15) is 0 Å². The summed E-state index contributed by atoms with van der Waals surface area (Å²) in [5.74, 6) is 0.903. The molecular weight excluding hydrogens is 206 g/mol. The van der Waals surface area contributed by atoms with Crippen LogP contribution in [0.25, 0.3) is 0 Å². The molecule has 5 nitrogen and oxygen atoms in total. The average molecular weight is 218 g/mol. The van der Waals surface area contributed by atoms with E-state index >= 15 is 0 Å². The molecule has 0 bridgehead atoms. The number of hydrogen-bond acceptors (Lipinski definition) is 5. The van der Waals surface area contributed by atoms with Crippen molar-refractivity contribution in [3.63, 3.8) is 0 Å². The molecule has 0 aromatic carbocycles. The van der Waals surface area contributed by atoms with E-state index in [1.54, 1.807) is 0 Å². The predicted octanol–water partition coefficient (Wildman–Crippen LogP) is 0.401. The van der Waals surface area contributed by atoms with E-state index in [0.29, 0.717) is 6.42 Å². The second-order valence-corrected chi connectivity index (χ2v) is 4.02. The lowest BCUT2D eigenvalue weighted by molar-refractivity contribution is -0.292. The zero-order valence-corrected chi connectivity index (χ0v) is 8.38. The smallest absolute Gasteiger partial charge is 0.191 e. The molecule has 7 heteroatoms. The van der Waals surface area contributed by atoms with Gasteiger partial charge in [-0.1, -0.05) is 6.08 Å². The highest BCUT2D eigenvalue weighted by Crippen LogP contribution is 2.28. The Kier molecular flexibility index (Phi) is 5.02. The maximum absolute atomic E-state index is 8.63. The molecule has 0 aromatic heterocycles. The Labute approximate surface area is 84.6 Å². The molecule has 1 heterocycles. The zero-order valence-electron chi connectivity index (χ0n) is 7.48. The van der Waals surface area contributed by atoms with Gasteiger partial charge in [-0.05, 0) is 11.6 Å². The Morgan fingerprint density at radius 2 is 2.21 bits per heavy atom. The van der Waals surface area contributed by atoms with E-state index in [4.69, 9.17) is 27.6 Å². The molecule has 78 valence electrons. The summed E-state index contributed by atoms with van der Waals surface area (Å²) in [4.78, 5) is 21.4. The number of hydrogen-bond donors (Lipinski definition) is 3. The van der Waals surface area contributed by atoms with E-state index in [1.807, 2.05) is 0 Å². The Balaban J connectivity index is 2.42. The van der Waals surface area contributed by atoms with Crippen molar-refractivity contribution in [1.29, 1.82) is 0 Å². The minimum absolute atomic E-state index is 0.273. The van der Waals surface area contributed by atoms with Crippen LogP contribution in [0.15, 0.2) is 11.9 Å². The molecule has 0 aliphatic carbocycles. The van der Waals surface area contributed by atoms with Crippen LogP contribution >= 0.6 is 8.38 Å². The predicted molar refractivity (Wildman–Crippen MR) is 51.9 cm³/mol. The summed E-state index contributed by atoms with van der Waals surface area (Å²) in [5.41, 5.74) is 0. The van der Waals surface area contributed by atoms with Crippen molar-refractivity contribution in [3.8, 4) is 0 Å². The van der Waals surface area contributed by atoms with Gasteiger partial charge in [-0.2, -0.15) is 0 Å². The van der Waals surface area contributed by atoms with Crippen LogP contribution in [0.4, 0.5) is 0 Å². The van der Waals surface area contributed by atoms with Gasteiger partial charge in [-0.25, -0.2) is 4.89 Å². The van der Waals surface area contributed by atoms with Crippen LogP contribution < -0.4 is 0 Å². The van der Waals surface area contributed by atoms with Gasteiger partial charge in [-0.3, -0.25) is 5.26 Å². The zero-order chi connectivity index (χ0) is 10.6. The van der Waals surface area contributed by atoms with Gasteiger partial charge in [0.15, 0.2) is 8.38 Å². The molecule has 0 saturated carbocycles. The first kappa shape index (κ1) is 12.1. The van der Waals surface area contributed by atoms with Crippen LogP contribution in [0.1, 0.15) is 6.42 Å². The molecule has 3 unspecified atom stereocenters. The third kappa shape index (κ3) is 3.65. The van der Waals surface area contributed by atoms with Crippen LogP contribution in [-0.4, -0.2) is 41.7 Å². The summed E-state index contributed by atoms with van der Waals surface area (Å²) in [7, 11) is 3.53. The molecule has 2 radical (unpaired) electrons. The highest BCUT2D eigenvalue weighted by atomic mass is 31.2. The van der Waals surface area contributed by atoms with E-state index in [-0.39, 0.29) is 18.5 Å². The minimum atomic E-state index is -2.05. The van der Waals surface area contributed by atoms with Crippen molar-refractivity contribution in [2.45, 2.75) is 24.4 Å². The van der Waals surface area contributed by atoms with E-state index in [9.17, 15) is 0 Å². The van der Waals surface area contributed by atoms with Crippen LogP contribution in [0.3, 0.4) is 0 Å². The van der Waals surface area contributed by atoms with Gasteiger partial charge < -0.3 is 14.5 Å². The minimum Gasteiger partial charge on any atom is -0.374 e. The fraction of sp³-hybridized carbons (Fsp3) is 0.714. The van der Waals surface area contributed by atoms with Crippen molar-refractivity contribution in [1.82, 2.24) is 0 Å². The van der Waals surface area contributed by atoms with Crippen LogP contribution in [0.5, 0.6) is 0 Å². The number of ether oxygens (including phenoxy) is 1. The molecule has 1 aliphatic rings. The summed E-state index contributed by atoms with van der Waals surface area (Å²) < 4.78 is 5.26. The van der Waals surface area contributed by atoms with Gasteiger partial charge in [0.2, 0.25) is 0 Å². The average Bonchev–Trinajstić information content (AvgIpc) is 2.16. The maximum atomic E-state index is 8.63. The highest BCUT2D eigenvalue weighted by molar-refractivity contribution is 7.48. The Morgan fingerprint density at radius 1 is 1.50 bits per heavy atom. The van der Waals surface area contributed by atoms with Crippen LogP contribution in [-0.2, 0) is 9.62 Å². The van der Waals surface area contributed by atoms with Gasteiger partial charge in [-0.15, -0.1) is 0 Å². The van der Waals surface area contributed by atoms with Gasteiger partial charge in [0.25, 0.3) is 0 Å². The van der Waals surface area contributed by atoms with Crippen molar-refractivity contribution < 1.29 is 24.7 Å². The topological polar surface area (TPSA) is 79.2 Å². The van der Waals surface area contributed by atoms with E-state index in [2.05, 4.69) is 4.89 Å². The molecule has 1 saturated heterocycles. The molecule has 0 aromatic rings. The van der Waals surface area contributed by atoms with Gasteiger partial charge in [0, 0.05) is 13.0 Å². The van der Waals surface area contributed by atoms with E-state index in [1.165, 1.54) is 11.9 Å². The Bertz CT molecular complexity index is 201. The van der Waals surface area contributed by atoms with E-state index < -0.39 is 14.5 Å². The summed E-state index contributed by atoms with van der Waals surface area (Å²) >= 11 is 0. The lowest BCUT2D eigenvalue weighted by atomic mass is 9.79. The van der Waals surface area contributed by atoms with Crippen LogP contribution in [0, 0.1) is 0 Å². The first-order chi connectivity index (χ1) is 6.63. The fourth-order valence-corrected chi connectivity index (χ4v) is 1.59. The molecule has 1 rings (SSSR count). The van der Waals surface area contributed by atoms with Crippen molar-refractivity contribution >= 4 is 16.2 Å². The summed E-state index contributed by atoms with van der Waals surface area (Å²) in [6.45, 7) is 0.273. The van der Waals surface area contributed by atoms with Gasteiger partial charge in [0.05, 0.1) is 20.1 Å². The van der Waals surface area contributed by atoms with Gasteiger partial charge >= 0.3 is 0 Å². The second-order valence-electron chi connectivity index (χ2n) is 3.08. The molecule has 0 spiro atoms. The highest BCUT2D eigenvalue weighted by Gasteiger charge is 2.27. The second kappa shape index (κ2) is 5.80. The lowest BCUT2D eigenvalue weighted by Crippen LogP contribution is -2.34. The molecule has 1 fully saturated rings. The molecule has 14 heavy (non-hydrogen) atoms. The van der Waals surface area contributed by atoms with Crippen molar-refractivity contribution in [2.24, 2.45) is 0 Å².